The van der Waals surface area contributed by atoms with Crippen LogP contribution in [0, 0.1) is 13.8 Å². The number of hydrogen-bond donors (Lipinski definition) is 1. The van der Waals surface area contributed by atoms with Crippen molar-refractivity contribution in [1.82, 2.24) is 5.32 Å². The van der Waals surface area contributed by atoms with Crippen molar-refractivity contribution in [2.45, 2.75) is 38.1 Å². The fourth-order valence-electron chi connectivity index (χ4n) is 2.52. The van der Waals surface area contributed by atoms with E-state index in [1.807, 2.05) is 30.3 Å². The maximum atomic E-state index is 12.2. The summed E-state index contributed by atoms with van der Waals surface area (Å²) in [6.07, 6.45) is 0.894. The summed E-state index contributed by atoms with van der Waals surface area (Å²) in [5.41, 5.74) is 3.70. The van der Waals surface area contributed by atoms with E-state index in [9.17, 15) is 4.79 Å². The van der Waals surface area contributed by atoms with Crippen molar-refractivity contribution in [3.63, 3.8) is 0 Å². The topological polar surface area (TPSA) is 29.1 Å². The van der Waals surface area contributed by atoms with Gasteiger partial charge in [0.25, 0.3) is 0 Å². The van der Waals surface area contributed by atoms with E-state index < -0.39 is 0 Å². The largest absolute Gasteiger partial charge is 0.349 e. The normalized spacial score (nSPS) is 12.0. The first kappa shape index (κ1) is 16.6. The molecule has 0 fully saturated rings. The van der Waals surface area contributed by atoms with Gasteiger partial charge in [-0.1, -0.05) is 48.9 Å². The molecule has 0 aromatic heterocycles. The van der Waals surface area contributed by atoms with Crippen LogP contribution < -0.4 is 5.32 Å². The average molecular weight is 313 g/mol. The molecule has 1 amide bonds. The Hall–Kier alpha value is -1.74. The first-order valence-corrected chi connectivity index (χ1v) is 8.63. The Labute approximate surface area is 137 Å². The molecular formula is C19H23NOS. The highest BCUT2D eigenvalue weighted by Crippen LogP contribution is 2.22. The molecule has 0 radical (unpaired) electrons. The molecule has 0 bridgehead atoms. The molecule has 2 nitrogen and oxygen atoms in total. The van der Waals surface area contributed by atoms with Gasteiger partial charge in [-0.25, -0.2) is 0 Å². The monoisotopic (exact) mass is 313 g/mol. The molecule has 0 spiro atoms. The number of benzene rings is 2. The molecule has 0 saturated carbocycles. The Morgan fingerprint density at radius 3 is 2.50 bits per heavy atom. The van der Waals surface area contributed by atoms with E-state index in [1.165, 1.54) is 16.7 Å². The van der Waals surface area contributed by atoms with Crippen molar-refractivity contribution in [3.8, 4) is 0 Å². The number of aryl methyl sites for hydroxylation is 2. The molecule has 2 aromatic rings. The molecule has 0 unspecified atom stereocenters. The minimum atomic E-state index is 0.0840. The fraction of sp³-hybridized carbons (Fsp3) is 0.316. The highest BCUT2D eigenvalue weighted by Gasteiger charge is 2.14. The van der Waals surface area contributed by atoms with Gasteiger partial charge in [0.1, 0.15) is 0 Å². The minimum absolute atomic E-state index is 0.0840. The molecule has 0 heterocycles. The number of hydrogen-bond acceptors (Lipinski definition) is 2. The van der Waals surface area contributed by atoms with Crippen LogP contribution in [0.25, 0.3) is 0 Å². The Kier molecular flexibility index (Phi) is 6.08. The molecule has 0 aliphatic carbocycles. The van der Waals surface area contributed by atoms with Gasteiger partial charge in [0.2, 0.25) is 5.91 Å². The maximum absolute atomic E-state index is 12.2. The SMILES string of the molecule is CC[C@H](NC(=O)CSc1ccccc1)c1ccc(C)cc1C. The van der Waals surface area contributed by atoms with Gasteiger partial charge in [-0.15, -0.1) is 11.8 Å². The van der Waals surface area contributed by atoms with Crippen molar-refractivity contribution in [1.29, 1.82) is 0 Å². The van der Waals surface area contributed by atoms with Gasteiger partial charge in [0.05, 0.1) is 11.8 Å². The molecule has 0 aliphatic heterocycles. The number of thioether (sulfide) groups is 1. The molecule has 116 valence electrons. The van der Waals surface area contributed by atoms with Gasteiger partial charge in [-0.2, -0.15) is 0 Å². The third-order valence-electron chi connectivity index (χ3n) is 3.66. The second-order valence-corrected chi connectivity index (χ2v) is 6.54. The molecule has 2 rings (SSSR count). The van der Waals surface area contributed by atoms with Crippen LogP contribution in [0.2, 0.25) is 0 Å². The molecular weight excluding hydrogens is 290 g/mol. The number of carbonyl (C=O) groups is 1. The summed E-state index contributed by atoms with van der Waals surface area (Å²) in [4.78, 5) is 13.3. The van der Waals surface area contributed by atoms with E-state index in [2.05, 4.69) is 44.3 Å². The van der Waals surface area contributed by atoms with Gasteiger partial charge in [0, 0.05) is 4.90 Å². The highest BCUT2D eigenvalue weighted by atomic mass is 32.2. The lowest BCUT2D eigenvalue weighted by atomic mass is 9.97. The second kappa shape index (κ2) is 8.04. The van der Waals surface area contributed by atoms with Crippen LogP contribution in [0.15, 0.2) is 53.4 Å². The lowest BCUT2D eigenvalue weighted by Gasteiger charge is -2.20. The summed E-state index contributed by atoms with van der Waals surface area (Å²) in [5.74, 6) is 0.534. The Morgan fingerprint density at radius 1 is 1.14 bits per heavy atom. The van der Waals surface area contributed by atoms with Crippen molar-refractivity contribution in [2.75, 3.05) is 5.75 Å². The van der Waals surface area contributed by atoms with Gasteiger partial charge in [0.15, 0.2) is 0 Å². The summed E-state index contributed by atoms with van der Waals surface area (Å²) in [5, 5.41) is 3.15. The Morgan fingerprint density at radius 2 is 1.86 bits per heavy atom. The van der Waals surface area contributed by atoms with Crippen molar-refractivity contribution >= 4 is 17.7 Å². The van der Waals surface area contributed by atoms with Crippen LogP contribution in [-0.2, 0) is 4.79 Å². The standard InChI is InChI=1S/C19H23NOS/c1-4-18(17-11-10-14(2)12-15(17)3)20-19(21)13-22-16-8-6-5-7-9-16/h5-12,18H,4,13H2,1-3H3,(H,20,21)/t18-/m0/s1. The van der Waals surface area contributed by atoms with Crippen LogP contribution in [0.4, 0.5) is 0 Å². The summed E-state index contributed by atoms with van der Waals surface area (Å²) in [6.45, 7) is 6.30. The molecule has 3 heteroatoms. The van der Waals surface area contributed by atoms with E-state index in [4.69, 9.17) is 0 Å². The molecule has 0 saturated heterocycles. The van der Waals surface area contributed by atoms with Crippen LogP contribution in [-0.4, -0.2) is 11.7 Å². The van der Waals surface area contributed by atoms with Crippen LogP contribution >= 0.6 is 11.8 Å². The predicted molar refractivity (Wildman–Crippen MR) is 94.3 cm³/mol. The quantitative estimate of drug-likeness (QED) is 0.786. The van der Waals surface area contributed by atoms with E-state index in [1.54, 1.807) is 11.8 Å². The summed E-state index contributed by atoms with van der Waals surface area (Å²) in [6, 6.07) is 16.5. The number of carbonyl (C=O) groups excluding carboxylic acids is 1. The smallest absolute Gasteiger partial charge is 0.230 e. The number of rotatable bonds is 6. The Balaban J connectivity index is 1.96. The zero-order valence-corrected chi connectivity index (χ0v) is 14.2. The van der Waals surface area contributed by atoms with Crippen LogP contribution in [0.5, 0.6) is 0 Å². The van der Waals surface area contributed by atoms with E-state index >= 15 is 0 Å². The van der Waals surface area contributed by atoms with Crippen LogP contribution in [0.1, 0.15) is 36.1 Å². The molecule has 1 atom stereocenters. The number of nitrogens with one attached hydrogen (secondary N) is 1. The molecule has 0 aliphatic rings. The van der Waals surface area contributed by atoms with E-state index in [-0.39, 0.29) is 11.9 Å². The first-order chi connectivity index (χ1) is 10.6. The average Bonchev–Trinajstić information content (AvgIpc) is 2.52. The van der Waals surface area contributed by atoms with Crippen molar-refractivity contribution < 1.29 is 4.79 Å². The van der Waals surface area contributed by atoms with E-state index in [0.29, 0.717) is 5.75 Å². The van der Waals surface area contributed by atoms with E-state index in [0.717, 1.165) is 11.3 Å². The van der Waals surface area contributed by atoms with Gasteiger partial charge < -0.3 is 5.32 Å². The lowest BCUT2D eigenvalue weighted by molar-refractivity contribution is -0.119. The summed E-state index contributed by atoms with van der Waals surface area (Å²) in [7, 11) is 0. The highest BCUT2D eigenvalue weighted by molar-refractivity contribution is 8.00. The zero-order valence-electron chi connectivity index (χ0n) is 13.4. The van der Waals surface area contributed by atoms with Crippen molar-refractivity contribution in [2.24, 2.45) is 0 Å². The van der Waals surface area contributed by atoms with Gasteiger partial charge in [-0.05, 0) is 43.5 Å². The van der Waals surface area contributed by atoms with Crippen LogP contribution in [0.3, 0.4) is 0 Å². The summed E-state index contributed by atoms with van der Waals surface area (Å²) >= 11 is 1.57. The first-order valence-electron chi connectivity index (χ1n) is 7.64. The lowest BCUT2D eigenvalue weighted by Crippen LogP contribution is -2.30. The molecule has 22 heavy (non-hydrogen) atoms. The maximum Gasteiger partial charge on any atom is 0.230 e. The van der Waals surface area contributed by atoms with Crippen molar-refractivity contribution in [3.05, 3.63) is 65.2 Å². The third kappa shape index (κ3) is 4.63. The Bertz CT molecular complexity index is 625. The zero-order chi connectivity index (χ0) is 15.9. The number of amides is 1. The predicted octanol–water partition coefficient (Wildman–Crippen LogP) is 4.66. The molecule has 1 N–H and O–H groups in total. The fourth-order valence-corrected chi connectivity index (χ4v) is 3.25. The third-order valence-corrected chi connectivity index (χ3v) is 4.67. The minimum Gasteiger partial charge on any atom is -0.349 e. The second-order valence-electron chi connectivity index (χ2n) is 5.49. The van der Waals surface area contributed by atoms with Gasteiger partial charge >= 0.3 is 0 Å². The molecule has 2 aromatic carbocycles. The summed E-state index contributed by atoms with van der Waals surface area (Å²) < 4.78 is 0. The van der Waals surface area contributed by atoms with Gasteiger partial charge in [-0.3, -0.25) is 4.79 Å².